The van der Waals surface area contributed by atoms with Crippen molar-refractivity contribution in [2.45, 2.75) is 19.8 Å². The number of benzene rings is 2. The van der Waals surface area contributed by atoms with Gasteiger partial charge in [-0.2, -0.15) is 5.26 Å². The molecular weight excluding hydrogens is 384 g/mol. The number of pyridine rings is 1. The van der Waals surface area contributed by atoms with Crippen molar-refractivity contribution in [3.63, 3.8) is 0 Å². The number of hydrogen-bond acceptors (Lipinski definition) is 7. The Labute approximate surface area is 173 Å². The molecule has 0 fully saturated rings. The zero-order chi connectivity index (χ0) is 21.7. The Morgan fingerprint density at radius 2 is 1.93 bits per heavy atom. The van der Waals surface area contributed by atoms with Gasteiger partial charge in [-0.05, 0) is 24.6 Å². The first-order valence-electron chi connectivity index (χ1n) is 9.39. The van der Waals surface area contributed by atoms with Crippen LogP contribution in [0.2, 0.25) is 0 Å². The van der Waals surface area contributed by atoms with E-state index in [9.17, 15) is 20.0 Å². The smallest absolute Gasteiger partial charge is 0.306 e. The molecule has 7 nitrogen and oxygen atoms in total. The SMILES string of the molecule is CCOC(=O)CCC(=O)c1nc2c(-c3cccc(OC)c3)cccc2c(C#N)c1O. The molecular formula is C23H20N2O5. The summed E-state index contributed by atoms with van der Waals surface area (Å²) in [6.45, 7) is 1.89. The van der Waals surface area contributed by atoms with Crippen molar-refractivity contribution in [2.75, 3.05) is 13.7 Å². The number of nitrogens with zero attached hydrogens (tertiary/aromatic N) is 2. The molecule has 3 rings (SSSR count). The summed E-state index contributed by atoms with van der Waals surface area (Å²) in [4.78, 5) is 28.6. The Morgan fingerprint density at radius 1 is 1.17 bits per heavy atom. The number of carbonyl (C=O) groups excluding carboxylic acids is 2. The minimum Gasteiger partial charge on any atom is -0.504 e. The molecule has 7 heteroatoms. The summed E-state index contributed by atoms with van der Waals surface area (Å²) in [5, 5.41) is 20.6. The summed E-state index contributed by atoms with van der Waals surface area (Å²) in [7, 11) is 1.56. The molecule has 0 atom stereocenters. The fourth-order valence-corrected chi connectivity index (χ4v) is 3.17. The largest absolute Gasteiger partial charge is 0.504 e. The van der Waals surface area contributed by atoms with Crippen LogP contribution in [0.25, 0.3) is 22.0 Å². The van der Waals surface area contributed by atoms with Crippen molar-refractivity contribution in [3.8, 4) is 28.7 Å². The molecule has 0 aliphatic heterocycles. The third-order valence-electron chi connectivity index (χ3n) is 4.61. The summed E-state index contributed by atoms with van der Waals surface area (Å²) in [5.41, 5.74) is 1.59. The van der Waals surface area contributed by atoms with E-state index in [4.69, 9.17) is 9.47 Å². The van der Waals surface area contributed by atoms with E-state index in [-0.39, 0.29) is 30.7 Å². The van der Waals surface area contributed by atoms with Gasteiger partial charge in [0.2, 0.25) is 0 Å². The average molecular weight is 404 g/mol. The van der Waals surface area contributed by atoms with Gasteiger partial charge in [-0.15, -0.1) is 0 Å². The maximum atomic E-state index is 12.7. The summed E-state index contributed by atoms with van der Waals surface area (Å²) in [5.74, 6) is -0.890. The van der Waals surface area contributed by atoms with Crippen molar-refractivity contribution < 1.29 is 24.2 Å². The van der Waals surface area contributed by atoms with Gasteiger partial charge in [-0.25, -0.2) is 4.98 Å². The Hall–Kier alpha value is -3.92. The van der Waals surface area contributed by atoms with Crippen LogP contribution < -0.4 is 4.74 Å². The second-order valence-electron chi connectivity index (χ2n) is 6.46. The molecule has 3 aromatic rings. The van der Waals surface area contributed by atoms with E-state index < -0.39 is 17.5 Å². The monoisotopic (exact) mass is 404 g/mol. The second-order valence-corrected chi connectivity index (χ2v) is 6.46. The molecule has 0 saturated carbocycles. The van der Waals surface area contributed by atoms with Gasteiger partial charge in [0.05, 0.1) is 25.7 Å². The number of hydrogen-bond donors (Lipinski definition) is 1. The first-order valence-corrected chi connectivity index (χ1v) is 9.39. The fraction of sp³-hybridized carbons (Fsp3) is 0.217. The highest BCUT2D eigenvalue weighted by atomic mass is 16.5. The zero-order valence-electron chi connectivity index (χ0n) is 16.6. The van der Waals surface area contributed by atoms with Crippen LogP contribution in [0.3, 0.4) is 0 Å². The molecule has 2 aromatic carbocycles. The number of Topliss-reactive ketones (excluding diaryl/α,β-unsaturated/α-hetero) is 1. The first-order chi connectivity index (χ1) is 14.5. The Kier molecular flexibility index (Phi) is 6.28. The lowest BCUT2D eigenvalue weighted by Crippen LogP contribution is -2.10. The van der Waals surface area contributed by atoms with Gasteiger partial charge in [0.15, 0.2) is 11.5 Å². The van der Waals surface area contributed by atoms with E-state index in [2.05, 4.69) is 4.98 Å². The van der Waals surface area contributed by atoms with Crippen LogP contribution in [0.4, 0.5) is 0 Å². The highest BCUT2D eigenvalue weighted by Gasteiger charge is 2.22. The van der Waals surface area contributed by atoms with E-state index >= 15 is 0 Å². The van der Waals surface area contributed by atoms with Crippen LogP contribution in [0, 0.1) is 11.3 Å². The van der Waals surface area contributed by atoms with Crippen molar-refractivity contribution in [1.29, 1.82) is 5.26 Å². The van der Waals surface area contributed by atoms with Crippen LogP contribution in [-0.4, -0.2) is 35.6 Å². The van der Waals surface area contributed by atoms with E-state index in [1.165, 1.54) is 0 Å². The van der Waals surface area contributed by atoms with Crippen LogP contribution in [0.5, 0.6) is 11.5 Å². The molecule has 0 saturated heterocycles. The molecule has 0 aliphatic carbocycles. The third-order valence-corrected chi connectivity index (χ3v) is 4.61. The average Bonchev–Trinajstić information content (AvgIpc) is 2.77. The highest BCUT2D eigenvalue weighted by molar-refractivity contribution is 6.05. The van der Waals surface area contributed by atoms with Crippen molar-refractivity contribution in [2.24, 2.45) is 0 Å². The van der Waals surface area contributed by atoms with Crippen molar-refractivity contribution >= 4 is 22.7 Å². The third kappa shape index (κ3) is 4.08. The number of esters is 1. The van der Waals surface area contributed by atoms with Crippen LogP contribution >= 0.6 is 0 Å². The minimum absolute atomic E-state index is 0.0377. The predicted molar refractivity (Wildman–Crippen MR) is 110 cm³/mol. The molecule has 30 heavy (non-hydrogen) atoms. The number of para-hydroxylation sites is 1. The van der Waals surface area contributed by atoms with Gasteiger partial charge < -0.3 is 14.6 Å². The molecule has 0 spiro atoms. The van der Waals surface area contributed by atoms with Gasteiger partial charge in [-0.1, -0.05) is 30.3 Å². The maximum absolute atomic E-state index is 12.7. The van der Waals surface area contributed by atoms with Gasteiger partial charge in [-0.3, -0.25) is 9.59 Å². The molecule has 0 unspecified atom stereocenters. The molecule has 152 valence electrons. The number of fused-ring (bicyclic) bond motifs is 1. The van der Waals surface area contributed by atoms with Gasteiger partial charge in [0.25, 0.3) is 0 Å². The molecule has 0 amide bonds. The number of rotatable bonds is 7. The Bertz CT molecular complexity index is 1160. The molecule has 1 N–H and O–H groups in total. The number of methoxy groups -OCH3 is 1. The van der Waals surface area contributed by atoms with Gasteiger partial charge in [0, 0.05) is 17.4 Å². The topological polar surface area (TPSA) is 110 Å². The Balaban J connectivity index is 2.13. The summed E-state index contributed by atoms with van der Waals surface area (Å²) in [6, 6.07) is 14.5. The number of aromatic hydroxyl groups is 1. The van der Waals surface area contributed by atoms with Crippen molar-refractivity contribution in [3.05, 3.63) is 53.7 Å². The molecule has 1 aromatic heterocycles. The molecule has 0 aliphatic rings. The number of carbonyl (C=O) groups is 2. The quantitative estimate of drug-likeness (QED) is 0.468. The van der Waals surface area contributed by atoms with E-state index in [0.717, 1.165) is 5.56 Å². The minimum atomic E-state index is -0.542. The number of ether oxygens (including phenoxy) is 2. The lowest BCUT2D eigenvalue weighted by molar-refractivity contribution is -0.143. The van der Waals surface area contributed by atoms with Gasteiger partial charge in [0.1, 0.15) is 23.1 Å². The molecule has 0 radical (unpaired) electrons. The normalized spacial score (nSPS) is 10.4. The van der Waals surface area contributed by atoms with Crippen LogP contribution in [-0.2, 0) is 9.53 Å². The summed E-state index contributed by atoms with van der Waals surface area (Å²) >= 11 is 0. The highest BCUT2D eigenvalue weighted by Crippen LogP contribution is 2.35. The number of ketones is 1. The maximum Gasteiger partial charge on any atom is 0.306 e. The second kappa shape index (κ2) is 9.05. The van der Waals surface area contributed by atoms with Crippen LogP contribution in [0.1, 0.15) is 35.8 Å². The van der Waals surface area contributed by atoms with Gasteiger partial charge >= 0.3 is 5.97 Å². The zero-order valence-corrected chi connectivity index (χ0v) is 16.6. The van der Waals surface area contributed by atoms with Crippen molar-refractivity contribution in [1.82, 2.24) is 4.98 Å². The number of nitriles is 1. The Morgan fingerprint density at radius 3 is 2.63 bits per heavy atom. The van der Waals surface area contributed by atoms with E-state index in [0.29, 0.717) is 22.2 Å². The lowest BCUT2D eigenvalue weighted by atomic mass is 9.97. The molecule has 1 heterocycles. The molecule has 0 bridgehead atoms. The summed E-state index contributed by atoms with van der Waals surface area (Å²) in [6.07, 6.45) is -0.317. The van der Waals surface area contributed by atoms with E-state index in [1.54, 1.807) is 32.2 Å². The van der Waals surface area contributed by atoms with E-state index in [1.807, 2.05) is 30.3 Å². The first kappa shape index (κ1) is 20.8. The standard InChI is InChI=1S/C23H20N2O5/c1-3-30-20(27)11-10-19(26)22-23(28)18(13-24)17-9-5-8-16(21(17)25-22)14-6-4-7-15(12-14)29-2/h4-9,12,28H,3,10-11H2,1-2H3. The summed E-state index contributed by atoms with van der Waals surface area (Å²) < 4.78 is 10.1. The number of aromatic nitrogens is 1. The lowest BCUT2D eigenvalue weighted by Gasteiger charge is -2.12. The fourth-order valence-electron chi connectivity index (χ4n) is 3.17. The van der Waals surface area contributed by atoms with Crippen LogP contribution in [0.15, 0.2) is 42.5 Å². The predicted octanol–water partition coefficient (Wildman–Crippen LogP) is 4.01.